The van der Waals surface area contributed by atoms with Crippen LogP contribution >= 0.6 is 0 Å². The van der Waals surface area contributed by atoms with Crippen molar-refractivity contribution in [2.75, 3.05) is 6.26 Å². The first-order valence-electron chi connectivity index (χ1n) is 5.43. The molecule has 18 heavy (non-hydrogen) atoms. The van der Waals surface area contributed by atoms with Crippen LogP contribution in [0.3, 0.4) is 0 Å². The van der Waals surface area contributed by atoms with Gasteiger partial charge in [0.2, 0.25) is 10.0 Å². The van der Waals surface area contributed by atoms with Crippen molar-refractivity contribution in [3.8, 4) is 0 Å². The molecule has 9 heteroatoms. The van der Waals surface area contributed by atoms with E-state index in [4.69, 9.17) is 21.1 Å². The van der Waals surface area contributed by atoms with Gasteiger partial charge in [-0.15, -0.1) is 0 Å². The standard InChI is InChI=1S/C9H16N2O6S/c1-18(16,17)11-3-2-9(10,8(14)15)6-4(3)5(6)7(12)13/h3-7,11-13H,2,10H2,1H3,(H,14,15). The molecule has 0 aromatic carbocycles. The second-order valence-corrected chi connectivity index (χ2v) is 6.92. The van der Waals surface area contributed by atoms with Gasteiger partial charge in [-0.3, -0.25) is 4.79 Å². The number of carboxylic acid groups (broad SMARTS) is 1. The highest BCUT2D eigenvalue weighted by Crippen LogP contribution is 2.62. The Morgan fingerprint density at radius 2 is 2.06 bits per heavy atom. The molecule has 2 aliphatic carbocycles. The average molecular weight is 280 g/mol. The number of hydrogen-bond donors (Lipinski definition) is 5. The summed E-state index contributed by atoms with van der Waals surface area (Å²) in [4.78, 5) is 11.2. The zero-order valence-corrected chi connectivity index (χ0v) is 10.5. The first-order chi connectivity index (χ1) is 8.08. The van der Waals surface area contributed by atoms with Crippen LogP contribution in [0.25, 0.3) is 0 Å². The van der Waals surface area contributed by atoms with Crippen molar-refractivity contribution in [3.63, 3.8) is 0 Å². The van der Waals surface area contributed by atoms with Crippen LogP contribution < -0.4 is 10.5 Å². The molecule has 0 amide bonds. The quantitative estimate of drug-likeness (QED) is 0.351. The number of rotatable bonds is 4. The van der Waals surface area contributed by atoms with Gasteiger partial charge in [0.25, 0.3) is 0 Å². The summed E-state index contributed by atoms with van der Waals surface area (Å²) in [6.45, 7) is 0. The molecular formula is C9H16N2O6S. The number of aliphatic hydroxyl groups is 2. The van der Waals surface area contributed by atoms with E-state index in [1.807, 2.05) is 0 Å². The molecule has 2 aliphatic rings. The largest absolute Gasteiger partial charge is 0.480 e. The highest BCUT2D eigenvalue weighted by atomic mass is 32.2. The smallest absolute Gasteiger partial charge is 0.324 e. The fraction of sp³-hybridized carbons (Fsp3) is 0.889. The molecular weight excluding hydrogens is 264 g/mol. The number of nitrogens with one attached hydrogen (secondary N) is 1. The van der Waals surface area contributed by atoms with E-state index in [9.17, 15) is 13.2 Å². The van der Waals surface area contributed by atoms with Crippen LogP contribution in [-0.4, -0.2) is 53.8 Å². The van der Waals surface area contributed by atoms with Gasteiger partial charge in [-0.25, -0.2) is 13.1 Å². The van der Waals surface area contributed by atoms with Crippen molar-refractivity contribution in [3.05, 3.63) is 0 Å². The van der Waals surface area contributed by atoms with Crippen LogP contribution in [0.4, 0.5) is 0 Å². The predicted molar refractivity (Wildman–Crippen MR) is 59.6 cm³/mol. The lowest BCUT2D eigenvalue weighted by molar-refractivity contribution is -0.145. The van der Waals surface area contributed by atoms with E-state index in [0.717, 1.165) is 6.26 Å². The molecule has 6 N–H and O–H groups in total. The minimum absolute atomic E-state index is 0.0477. The zero-order valence-electron chi connectivity index (χ0n) is 9.65. The lowest BCUT2D eigenvalue weighted by Gasteiger charge is -2.25. The number of carboxylic acids is 1. The number of carbonyl (C=O) groups is 1. The zero-order chi connectivity index (χ0) is 13.9. The summed E-state index contributed by atoms with van der Waals surface area (Å²) < 4.78 is 24.7. The van der Waals surface area contributed by atoms with E-state index in [1.165, 1.54) is 0 Å². The van der Waals surface area contributed by atoms with E-state index >= 15 is 0 Å². The molecule has 0 bridgehead atoms. The summed E-state index contributed by atoms with van der Waals surface area (Å²) in [5, 5.41) is 27.4. The van der Waals surface area contributed by atoms with E-state index in [-0.39, 0.29) is 6.42 Å². The molecule has 0 aliphatic heterocycles. The van der Waals surface area contributed by atoms with Gasteiger partial charge in [-0.1, -0.05) is 0 Å². The lowest BCUT2D eigenvalue weighted by atomic mass is 9.90. The molecule has 0 aromatic rings. The third kappa shape index (κ3) is 2.01. The van der Waals surface area contributed by atoms with Gasteiger partial charge in [0, 0.05) is 17.9 Å². The molecule has 0 heterocycles. The normalized spacial score (nSPS) is 42.9. The molecule has 0 saturated heterocycles. The Labute approximate surface area is 104 Å². The molecule has 0 aromatic heterocycles. The van der Waals surface area contributed by atoms with E-state index < -0.39 is 51.6 Å². The molecule has 104 valence electrons. The summed E-state index contributed by atoms with van der Waals surface area (Å²) in [7, 11) is -3.50. The Hall–Kier alpha value is -0.740. The first-order valence-corrected chi connectivity index (χ1v) is 7.33. The van der Waals surface area contributed by atoms with Crippen LogP contribution in [0.5, 0.6) is 0 Å². The van der Waals surface area contributed by atoms with Crippen molar-refractivity contribution in [1.29, 1.82) is 0 Å². The highest BCUT2D eigenvalue weighted by molar-refractivity contribution is 7.88. The van der Waals surface area contributed by atoms with E-state index in [1.54, 1.807) is 0 Å². The summed E-state index contributed by atoms with van der Waals surface area (Å²) in [5.74, 6) is -3.01. The van der Waals surface area contributed by atoms with Crippen LogP contribution in [0.1, 0.15) is 6.42 Å². The Kier molecular flexibility index (Phi) is 2.95. The molecule has 0 spiro atoms. The van der Waals surface area contributed by atoms with Crippen LogP contribution in [0.2, 0.25) is 0 Å². The molecule has 5 unspecified atom stereocenters. The number of sulfonamides is 1. The Morgan fingerprint density at radius 3 is 2.44 bits per heavy atom. The topological polar surface area (TPSA) is 150 Å². The lowest BCUT2D eigenvalue weighted by Crippen LogP contribution is -2.52. The van der Waals surface area contributed by atoms with Gasteiger partial charge in [0.05, 0.1) is 6.26 Å². The molecule has 0 radical (unpaired) electrons. The second kappa shape index (κ2) is 3.87. The number of fused-ring (bicyclic) bond motifs is 1. The van der Waals surface area contributed by atoms with Gasteiger partial charge in [-0.2, -0.15) is 0 Å². The molecule has 8 nitrogen and oxygen atoms in total. The van der Waals surface area contributed by atoms with Crippen molar-refractivity contribution < 1.29 is 28.5 Å². The van der Waals surface area contributed by atoms with E-state index in [0.29, 0.717) is 0 Å². The monoisotopic (exact) mass is 280 g/mol. The Morgan fingerprint density at radius 1 is 1.50 bits per heavy atom. The third-order valence-electron chi connectivity index (χ3n) is 3.86. The fourth-order valence-corrected chi connectivity index (χ4v) is 4.00. The maximum absolute atomic E-state index is 11.2. The molecule has 5 atom stereocenters. The summed E-state index contributed by atoms with van der Waals surface area (Å²) in [6.07, 6.45) is -0.772. The second-order valence-electron chi connectivity index (χ2n) is 5.14. The van der Waals surface area contributed by atoms with Crippen LogP contribution in [0, 0.1) is 17.8 Å². The maximum atomic E-state index is 11.2. The number of hydrogen-bond acceptors (Lipinski definition) is 6. The number of nitrogens with two attached hydrogens (primary N) is 1. The van der Waals surface area contributed by atoms with Gasteiger partial charge in [0.1, 0.15) is 5.54 Å². The van der Waals surface area contributed by atoms with Crippen molar-refractivity contribution in [2.24, 2.45) is 23.5 Å². The van der Waals surface area contributed by atoms with Crippen LogP contribution in [0.15, 0.2) is 0 Å². The maximum Gasteiger partial charge on any atom is 0.324 e. The summed E-state index contributed by atoms with van der Waals surface area (Å²) in [6, 6.07) is -0.669. The molecule has 2 fully saturated rings. The van der Waals surface area contributed by atoms with Crippen molar-refractivity contribution in [2.45, 2.75) is 24.3 Å². The summed E-state index contributed by atoms with van der Waals surface area (Å²) in [5.41, 5.74) is 4.16. The first kappa shape index (κ1) is 13.7. The minimum Gasteiger partial charge on any atom is -0.480 e. The molecule has 2 saturated carbocycles. The number of aliphatic carboxylic acids is 1. The molecule has 2 rings (SSSR count). The van der Waals surface area contributed by atoms with Crippen molar-refractivity contribution in [1.82, 2.24) is 4.72 Å². The SMILES string of the molecule is CS(=O)(=O)NC1CC(N)(C(=O)O)C2C(C(O)O)C12. The van der Waals surface area contributed by atoms with Crippen molar-refractivity contribution >= 4 is 16.0 Å². The van der Waals surface area contributed by atoms with E-state index in [2.05, 4.69) is 4.72 Å². The summed E-state index contributed by atoms with van der Waals surface area (Å²) >= 11 is 0. The predicted octanol–water partition coefficient (Wildman–Crippen LogP) is -2.74. The number of aliphatic hydroxyl groups excluding tert-OH is 1. The highest BCUT2D eigenvalue weighted by Gasteiger charge is 2.73. The van der Waals surface area contributed by atoms with Gasteiger partial charge in [0.15, 0.2) is 6.29 Å². The average Bonchev–Trinajstić information content (AvgIpc) is 2.82. The Balaban J connectivity index is 2.25. The Bertz CT molecular complexity index is 477. The van der Waals surface area contributed by atoms with Gasteiger partial charge < -0.3 is 21.1 Å². The third-order valence-corrected chi connectivity index (χ3v) is 4.59. The minimum atomic E-state index is -3.50. The van der Waals surface area contributed by atoms with Crippen LogP contribution in [-0.2, 0) is 14.8 Å². The van der Waals surface area contributed by atoms with Gasteiger partial charge >= 0.3 is 5.97 Å². The van der Waals surface area contributed by atoms with Gasteiger partial charge in [-0.05, 0) is 12.3 Å². The fourth-order valence-electron chi connectivity index (χ4n) is 3.21.